The van der Waals surface area contributed by atoms with Gasteiger partial charge in [0, 0.05) is 0 Å². The number of nitrogens with zero attached hydrogens (tertiary/aromatic N) is 2. The van der Waals surface area contributed by atoms with Crippen LogP contribution in [-0.4, -0.2) is 29.0 Å². The quantitative estimate of drug-likeness (QED) is 0.544. The maximum atomic E-state index is 10.9. The number of esters is 1. The van der Waals surface area contributed by atoms with Crippen LogP contribution in [0, 0.1) is 0 Å². The van der Waals surface area contributed by atoms with Crippen LogP contribution in [0.25, 0.3) is 0 Å². The fraction of sp³-hybridized carbons (Fsp3) is 0.667. The predicted octanol–water partition coefficient (Wildman–Crippen LogP) is 1.43. The Balaban J connectivity index is 2.38. The second-order valence-electron chi connectivity index (χ2n) is 2.91. The smallest absolute Gasteiger partial charge is 0.315 e. The summed E-state index contributed by atoms with van der Waals surface area (Å²) >= 11 is 1.74. The molecule has 1 heterocycles. The highest BCUT2D eigenvalue weighted by Crippen LogP contribution is 2.10. The molecule has 1 aromatic heterocycles. The van der Waals surface area contributed by atoms with Crippen LogP contribution in [0.4, 0.5) is 0 Å². The Morgan fingerprint density at radius 3 is 3.07 bits per heavy atom. The summed E-state index contributed by atoms with van der Waals surface area (Å²) in [6, 6.07) is 0. The molecule has 0 N–H and O–H groups in total. The van der Waals surface area contributed by atoms with Gasteiger partial charge < -0.3 is 9.26 Å². The fourth-order valence-corrected chi connectivity index (χ4v) is 1.66. The molecule has 0 aliphatic carbocycles. The standard InChI is InChI=1S/C9H14N2O3S/c1-3-4-15-6-7-10-8(14-11-7)5-9(12)13-2/h3-6H2,1-2H3. The summed E-state index contributed by atoms with van der Waals surface area (Å²) in [7, 11) is 1.33. The SMILES string of the molecule is CCCSCc1noc(CC(=O)OC)n1. The number of hydrogen-bond acceptors (Lipinski definition) is 6. The molecule has 0 atom stereocenters. The van der Waals surface area contributed by atoms with Crippen LogP contribution in [0.5, 0.6) is 0 Å². The lowest BCUT2D eigenvalue weighted by molar-refractivity contribution is -0.140. The van der Waals surface area contributed by atoms with Crippen molar-refractivity contribution in [2.75, 3.05) is 12.9 Å². The fourth-order valence-electron chi connectivity index (χ4n) is 0.924. The van der Waals surface area contributed by atoms with Crippen LogP contribution in [0.3, 0.4) is 0 Å². The van der Waals surface area contributed by atoms with Crippen LogP contribution in [0.15, 0.2) is 4.52 Å². The first kappa shape index (κ1) is 12.0. The molecular formula is C9H14N2O3S. The highest BCUT2D eigenvalue weighted by Gasteiger charge is 2.10. The van der Waals surface area contributed by atoms with Crippen LogP contribution >= 0.6 is 11.8 Å². The number of methoxy groups -OCH3 is 1. The van der Waals surface area contributed by atoms with Gasteiger partial charge in [-0.2, -0.15) is 16.7 Å². The van der Waals surface area contributed by atoms with Crippen molar-refractivity contribution in [2.24, 2.45) is 0 Å². The third kappa shape index (κ3) is 4.33. The molecule has 0 aliphatic heterocycles. The van der Waals surface area contributed by atoms with Gasteiger partial charge in [-0.05, 0) is 12.2 Å². The van der Waals surface area contributed by atoms with Gasteiger partial charge in [0.05, 0.1) is 12.9 Å². The summed E-state index contributed by atoms with van der Waals surface area (Å²) in [5, 5.41) is 3.76. The number of hydrogen-bond donors (Lipinski definition) is 0. The number of ether oxygens (including phenoxy) is 1. The molecule has 0 aromatic carbocycles. The highest BCUT2D eigenvalue weighted by atomic mass is 32.2. The van der Waals surface area contributed by atoms with Crippen LogP contribution in [0.1, 0.15) is 25.1 Å². The van der Waals surface area contributed by atoms with E-state index in [1.54, 1.807) is 11.8 Å². The lowest BCUT2D eigenvalue weighted by Gasteiger charge is -1.92. The van der Waals surface area contributed by atoms with Gasteiger partial charge in [0.1, 0.15) is 6.42 Å². The number of rotatable bonds is 6. The highest BCUT2D eigenvalue weighted by molar-refractivity contribution is 7.98. The molecule has 6 heteroatoms. The zero-order chi connectivity index (χ0) is 11.1. The third-order valence-electron chi connectivity index (χ3n) is 1.61. The van der Waals surface area contributed by atoms with Crippen molar-refractivity contribution in [2.45, 2.75) is 25.5 Å². The number of carbonyl (C=O) groups excluding carboxylic acids is 1. The molecule has 15 heavy (non-hydrogen) atoms. The first-order valence-corrected chi connectivity index (χ1v) is 5.87. The van der Waals surface area contributed by atoms with Gasteiger partial charge in [-0.25, -0.2) is 0 Å². The monoisotopic (exact) mass is 230 g/mol. The topological polar surface area (TPSA) is 65.2 Å². The van der Waals surface area contributed by atoms with Gasteiger partial charge in [0.2, 0.25) is 5.89 Å². The van der Waals surface area contributed by atoms with E-state index in [1.165, 1.54) is 7.11 Å². The summed E-state index contributed by atoms with van der Waals surface area (Å²) in [5.74, 6) is 2.37. The molecule has 0 saturated heterocycles. The van der Waals surface area contributed by atoms with E-state index in [9.17, 15) is 4.79 Å². The van der Waals surface area contributed by atoms with Crippen molar-refractivity contribution in [3.63, 3.8) is 0 Å². The van der Waals surface area contributed by atoms with Gasteiger partial charge in [0.25, 0.3) is 0 Å². The molecule has 0 radical (unpaired) electrons. The van der Waals surface area contributed by atoms with Crippen molar-refractivity contribution in [1.82, 2.24) is 10.1 Å². The van der Waals surface area contributed by atoms with E-state index in [0.717, 1.165) is 17.9 Å². The number of thioether (sulfide) groups is 1. The Kier molecular flexibility index (Phi) is 5.17. The zero-order valence-electron chi connectivity index (χ0n) is 8.86. The van der Waals surface area contributed by atoms with Crippen molar-refractivity contribution in [3.8, 4) is 0 Å². The molecule has 0 unspecified atom stereocenters. The van der Waals surface area contributed by atoms with Crippen LogP contribution in [0.2, 0.25) is 0 Å². The molecule has 0 spiro atoms. The summed E-state index contributed by atoms with van der Waals surface area (Å²) < 4.78 is 9.38. The molecule has 0 bridgehead atoms. The normalized spacial score (nSPS) is 10.3. The molecule has 0 amide bonds. The Morgan fingerprint density at radius 1 is 1.60 bits per heavy atom. The lowest BCUT2D eigenvalue weighted by atomic mass is 10.4. The van der Waals surface area contributed by atoms with E-state index in [-0.39, 0.29) is 12.4 Å². The van der Waals surface area contributed by atoms with Gasteiger partial charge >= 0.3 is 5.97 Å². The average Bonchev–Trinajstić information content (AvgIpc) is 2.66. The maximum absolute atomic E-state index is 10.9. The Hall–Kier alpha value is -1.04. The summed E-state index contributed by atoms with van der Waals surface area (Å²) in [6.45, 7) is 2.12. The predicted molar refractivity (Wildman–Crippen MR) is 56.5 cm³/mol. The minimum atomic E-state index is -0.369. The number of carbonyl (C=O) groups is 1. The van der Waals surface area contributed by atoms with E-state index in [4.69, 9.17) is 4.52 Å². The first-order chi connectivity index (χ1) is 7.26. The molecule has 5 nitrogen and oxygen atoms in total. The van der Waals surface area contributed by atoms with Crippen molar-refractivity contribution in [1.29, 1.82) is 0 Å². The molecule has 1 aromatic rings. The molecule has 0 fully saturated rings. The van der Waals surface area contributed by atoms with Crippen molar-refractivity contribution >= 4 is 17.7 Å². The van der Waals surface area contributed by atoms with E-state index in [0.29, 0.717) is 11.7 Å². The molecule has 0 aliphatic rings. The lowest BCUT2D eigenvalue weighted by Crippen LogP contribution is -2.04. The minimum absolute atomic E-state index is 0.0436. The molecule has 84 valence electrons. The van der Waals surface area contributed by atoms with E-state index in [1.807, 2.05) is 0 Å². The third-order valence-corrected chi connectivity index (χ3v) is 2.77. The van der Waals surface area contributed by atoms with Gasteiger partial charge in [-0.15, -0.1) is 0 Å². The molecule has 0 saturated carbocycles. The zero-order valence-corrected chi connectivity index (χ0v) is 9.67. The van der Waals surface area contributed by atoms with E-state index in [2.05, 4.69) is 21.8 Å². The maximum Gasteiger partial charge on any atom is 0.315 e. The van der Waals surface area contributed by atoms with Crippen LogP contribution in [-0.2, 0) is 21.7 Å². The first-order valence-electron chi connectivity index (χ1n) is 4.72. The minimum Gasteiger partial charge on any atom is -0.469 e. The van der Waals surface area contributed by atoms with E-state index >= 15 is 0 Å². The van der Waals surface area contributed by atoms with E-state index < -0.39 is 0 Å². The molecular weight excluding hydrogens is 216 g/mol. The summed E-state index contributed by atoms with van der Waals surface area (Å²) in [5.41, 5.74) is 0. The van der Waals surface area contributed by atoms with Crippen molar-refractivity contribution < 1.29 is 14.1 Å². The number of aromatic nitrogens is 2. The van der Waals surface area contributed by atoms with Crippen molar-refractivity contribution in [3.05, 3.63) is 11.7 Å². The molecule has 1 rings (SSSR count). The van der Waals surface area contributed by atoms with Gasteiger partial charge in [0.15, 0.2) is 5.82 Å². The van der Waals surface area contributed by atoms with Gasteiger partial charge in [-0.3, -0.25) is 4.79 Å². The largest absolute Gasteiger partial charge is 0.469 e. The average molecular weight is 230 g/mol. The van der Waals surface area contributed by atoms with Crippen LogP contribution < -0.4 is 0 Å². The Bertz CT molecular complexity index is 314. The summed E-state index contributed by atoms with van der Waals surface area (Å²) in [6.07, 6.45) is 1.17. The van der Waals surface area contributed by atoms with Gasteiger partial charge in [-0.1, -0.05) is 12.1 Å². The summed E-state index contributed by atoms with van der Waals surface area (Å²) in [4.78, 5) is 15.0. The Labute approximate surface area is 92.6 Å². The second kappa shape index (κ2) is 6.44. The Morgan fingerprint density at radius 2 is 2.40 bits per heavy atom. The second-order valence-corrected chi connectivity index (χ2v) is 4.02.